The predicted molar refractivity (Wildman–Crippen MR) is 205 cm³/mol. The van der Waals surface area contributed by atoms with E-state index in [-0.39, 0.29) is 5.92 Å². The van der Waals surface area contributed by atoms with Gasteiger partial charge in [-0.05, 0) is 69.8 Å². The third-order valence-corrected chi connectivity index (χ3v) is 10.6. The molecule has 1 aromatic heterocycles. The fraction of sp³-hybridized carbons (Fsp3) is 0.0870. The Balaban J connectivity index is 1.18. The number of rotatable bonds is 4. The molecule has 0 aliphatic heterocycles. The lowest BCUT2D eigenvalue weighted by atomic mass is 9.87. The summed E-state index contributed by atoms with van der Waals surface area (Å²) in [6.45, 7) is 0. The molecule has 10 rings (SSSR count). The van der Waals surface area contributed by atoms with Crippen molar-refractivity contribution in [3.8, 4) is 0 Å². The highest BCUT2D eigenvalue weighted by atomic mass is 15.0. The molecule has 2 nitrogen and oxygen atoms in total. The van der Waals surface area contributed by atoms with Crippen molar-refractivity contribution in [3.05, 3.63) is 181 Å². The van der Waals surface area contributed by atoms with E-state index in [1.54, 1.807) is 0 Å². The average molecular weight is 615 g/mol. The molecule has 1 heterocycles. The Morgan fingerprint density at radius 2 is 1.33 bits per heavy atom. The Labute approximate surface area is 280 Å². The Morgan fingerprint density at radius 3 is 2.27 bits per heavy atom. The van der Waals surface area contributed by atoms with Crippen LogP contribution >= 0.6 is 0 Å². The van der Waals surface area contributed by atoms with Crippen molar-refractivity contribution in [1.82, 2.24) is 4.57 Å². The lowest BCUT2D eigenvalue weighted by Crippen LogP contribution is -2.11. The van der Waals surface area contributed by atoms with E-state index in [1.165, 1.54) is 82.3 Å². The topological polar surface area (TPSA) is 17.0 Å². The van der Waals surface area contributed by atoms with Crippen LogP contribution in [0.1, 0.15) is 24.3 Å². The molecule has 0 fully saturated rings. The van der Waals surface area contributed by atoms with Crippen LogP contribution in [0.25, 0.3) is 59.8 Å². The summed E-state index contributed by atoms with van der Waals surface area (Å²) in [5, 5.41) is 14.2. The Hall–Kier alpha value is -5.86. The summed E-state index contributed by atoms with van der Waals surface area (Å²) in [6.07, 6.45) is 22.7. The van der Waals surface area contributed by atoms with E-state index in [2.05, 4.69) is 174 Å². The van der Waals surface area contributed by atoms with Crippen molar-refractivity contribution in [2.24, 2.45) is 5.92 Å². The van der Waals surface area contributed by atoms with Crippen LogP contribution < -0.4 is 5.32 Å². The average Bonchev–Trinajstić information content (AvgIpc) is 3.50. The van der Waals surface area contributed by atoms with E-state index in [0.29, 0.717) is 5.92 Å². The highest BCUT2D eigenvalue weighted by Gasteiger charge is 2.23. The number of nitrogens with zero attached hydrogens (tertiary/aromatic N) is 1. The number of fused-ring (bicyclic) bond motifs is 11. The van der Waals surface area contributed by atoms with Crippen molar-refractivity contribution in [2.45, 2.75) is 18.8 Å². The van der Waals surface area contributed by atoms with Crippen LogP contribution in [-0.2, 0) is 0 Å². The van der Waals surface area contributed by atoms with Crippen LogP contribution in [0.2, 0.25) is 0 Å². The van der Waals surface area contributed by atoms with Gasteiger partial charge >= 0.3 is 0 Å². The molecule has 0 saturated carbocycles. The predicted octanol–water partition coefficient (Wildman–Crippen LogP) is 12.2. The summed E-state index contributed by atoms with van der Waals surface area (Å²) in [5.74, 6) is 0.677. The second kappa shape index (κ2) is 10.9. The van der Waals surface area contributed by atoms with Gasteiger partial charge in [-0.15, -0.1) is 0 Å². The van der Waals surface area contributed by atoms with Gasteiger partial charge in [0.15, 0.2) is 0 Å². The number of hydrogen-bond acceptors (Lipinski definition) is 1. The molecule has 3 aliphatic rings. The number of hydrogen-bond donors (Lipinski definition) is 1. The lowest BCUT2D eigenvalue weighted by molar-refractivity contribution is 0.773. The Morgan fingerprint density at radius 1 is 0.562 bits per heavy atom. The van der Waals surface area contributed by atoms with E-state index < -0.39 is 0 Å². The molecule has 48 heavy (non-hydrogen) atoms. The Kier molecular flexibility index (Phi) is 6.17. The SMILES string of the molecule is C1=CCC2C=C(Nc3ccccc3C3C=C(n4c5ccccc5c5c6c7ccccc7ccc6c6ccccc6c54)C=CC3)C=CC2=C1. The zero-order valence-corrected chi connectivity index (χ0v) is 26.6. The number of para-hydroxylation sites is 2. The summed E-state index contributed by atoms with van der Waals surface area (Å²) < 4.78 is 2.53. The molecule has 0 spiro atoms. The van der Waals surface area contributed by atoms with Crippen molar-refractivity contribution in [2.75, 3.05) is 5.32 Å². The maximum absolute atomic E-state index is 3.81. The zero-order valence-electron chi connectivity index (χ0n) is 26.6. The number of allylic oxidation sites excluding steroid dienone is 11. The van der Waals surface area contributed by atoms with Crippen LogP contribution in [0.3, 0.4) is 0 Å². The first-order chi connectivity index (χ1) is 23.8. The van der Waals surface area contributed by atoms with E-state index in [4.69, 9.17) is 0 Å². The summed E-state index contributed by atoms with van der Waals surface area (Å²) >= 11 is 0. The van der Waals surface area contributed by atoms with Crippen LogP contribution in [0.4, 0.5) is 5.69 Å². The molecule has 6 aromatic carbocycles. The molecule has 2 unspecified atom stereocenters. The first-order valence-corrected chi connectivity index (χ1v) is 17.1. The van der Waals surface area contributed by atoms with Gasteiger partial charge in [-0.3, -0.25) is 0 Å². The number of aromatic nitrogens is 1. The quantitative estimate of drug-likeness (QED) is 0.195. The second-order valence-electron chi connectivity index (χ2n) is 13.3. The molecule has 0 amide bonds. The van der Waals surface area contributed by atoms with Crippen molar-refractivity contribution < 1.29 is 0 Å². The largest absolute Gasteiger partial charge is 0.356 e. The highest BCUT2D eigenvalue weighted by molar-refractivity contribution is 6.37. The van der Waals surface area contributed by atoms with Gasteiger partial charge in [0.2, 0.25) is 0 Å². The molecule has 228 valence electrons. The van der Waals surface area contributed by atoms with Gasteiger partial charge < -0.3 is 9.88 Å². The summed E-state index contributed by atoms with van der Waals surface area (Å²) in [5.41, 5.74) is 8.79. The highest BCUT2D eigenvalue weighted by Crippen LogP contribution is 2.46. The summed E-state index contributed by atoms with van der Waals surface area (Å²) in [7, 11) is 0. The third kappa shape index (κ3) is 4.19. The molecule has 0 saturated heterocycles. The molecule has 0 bridgehead atoms. The molecule has 2 atom stereocenters. The monoisotopic (exact) mass is 614 g/mol. The molecule has 7 aromatic rings. The minimum Gasteiger partial charge on any atom is -0.356 e. The number of nitrogens with one attached hydrogen (secondary N) is 1. The molecular formula is C46H34N2. The Bertz CT molecular complexity index is 2650. The van der Waals surface area contributed by atoms with Gasteiger partial charge in [0, 0.05) is 50.5 Å². The van der Waals surface area contributed by atoms with Gasteiger partial charge in [0.05, 0.1) is 11.0 Å². The molecule has 1 N–H and O–H groups in total. The minimum atomic E-state index is 0.235. The van der Waals surface area contributed by atoms with E-state index >= 15 is 0 Å². The smallest absolute Gasteiger partial charge is 0.0626 e. The lowest BCUT2D eigenvalue weighted by Gasteiger charge is -2.25. The van der Waals surface area contributed by atoms with Gasteiger partial charge in [-0.25, -0.2) is 0 Å². The minimum absolute atomic E-state index is 0.235. The maximum Gasteiger partial charge on any atom is 0.0626 e. The van der Waals surface area contributed by atoms with Gasteiger partial charge in [-0.2, -0.15) is 0 Å². The summed E-state index contributed by atoms with van der Waals surface area (Å²) in [4.78, 5) is 0. The maximum atomic E-state index is 3.81. The van der Waals surface area contributed by atoms with Crippen molar-refractivity contribution >= 4 is 65.5 Å². The fourth-order valence-corrected chi connectivity index (χ4v) is 8.38. The van der Waals surface area contributed by atoms with Gasteiger partial charge in [0.1, 0.15) is 0 Å². The van der Waals surface area contributed by atoms with Crippen molar-refractivity contribution in [3.63, 3.8) is 0 Å². The number of benzene rings is 6. The normalized spacial score (nSPS) is 18.8. The van der Waals surface area contributed by atoms with Gasteiger partial charge in [-0.1, -0.05) is 140 Å². The van der Waals surface area contributed by atoms with Crippen LogP contribution in [0, 0.1) is 5.92 Å². The number of anilines is 1. The van der Waals surface area contributed by atoms with Gasteiger partial charge in [0.25, 0.3) is 0 Å². The molecule has 0 radical (unpaired) electrons. The van der Waals surface area contributed by atoms with Crippen LogP contribution in [0.15, 0.2) is 175 Å². The summed E-state index contributed by atoms with van der Waals surface area (Å²) in [6, 6.07) is 40.2. The second-order valence-corrected chi connectivity index (χ2v) is 13.3. The first kappa shape index (κ1) is 27.3. The molecule has 3 aliphatic carbocycles. The third-order valence-electron chi connectivity index (χ3n) is 10.6. The molecule has 2 heteroatoms. The van der Waals surface area contributed by atoms with Crippen LogP contribution in [-0.4, -0.2) is 4.57 Å². The van der Waals surface area contributed by atoms with Crippen molar-refractivity contribution in [1.29, 1.82) is 0 Å². The standard InChI is InChI=1S/C46H34N2/c1-2-14-32-28-34(26-24-30(32)12-1)47-42-22-9-7-17-36(42)33-15-11-16-35(29-33)48-43-23-10-8-21-41(43)45-44-37-18-4-3-13-31(37)25-27-39(44)38-19-5-6-20-40(38)46(45)48/h1-13,16-29,32-33,47H,14-15H2. The van der Waals surface area contributed by atoms with E-state index in [1.807, 2.05) is 0 Å². The first-order valence-electron chi connectivity index (χ1n) is 17.1. The van der Waals surface area contributed by atoms with Crippen LogP contribution in [0.5, 0.6) is 0 Å². The van der Waals surface area contributed by atoms with E-state index in [9.17, 15) is 0 Å². The fourth-order valence-electron chi connectivity index (χ4n) is 8.38. The molecular weight excluding hydrogens is 581 g/mol. The zero-order chi connectivity index (χ0) is 31.6. The van der Waals surface area contributed by atoms with E-state index in [0.717, 1.165) is 12.8 Å².